The van der Waals surface area contributed by atoms with Crippen molar-refractivity contribution in [2.45, 2.75) is 6.04 Å². The molecular formula is C16H17ClN4O2. The Bertz CT molecular complexity index is 676. The van der Waals surface area contributed by atoms with Crippen molar-refractivity contribution in [2.24, 2.45) is 5.73 Å². The maximum atomic E-state index is 12.2. The number of benzene rings is 1. The quantitative estimate of drug-likeness (QED) is 0.839. The van der Waals surface area contributed by atoms with Gasteiger partial charge in [-0.15, -0.1) is 0 Å². The minimum Gasteiger partial charge on any atom is -0.368 e. The summed E-state index contributed by atoms with van der Waals surface area (Å²) in [7, 11) is 1.72. The molecule has 1 atom stereocenters. The van der Waals surface area contributed by atoms with Crippen molar-refractivity contribution in [1.82, 2.24) is 10.3 Å². The topological polar surface area (TPSA) is 88.3 Å². The highest BCUT2D eigenvalue weighted by atomic mass is 35.5. The fraction of sp³-hybridized carbons (Fsp3) is 0.188. The lowest BCUT2D eigenvalue weighted by molar-refractivity contribution is -0.126. The van der Waals surface area contributed by atoms with Gasteiger partial charge in [-0.1, -0.05) is 41.9 Å². The molecule has 0 radical (unpaired) electrons. The number of nitrogens with zero attached hydrogens (tertiary/aromatic N) is 2. The lowest BCUT2D eigenvalue weighted by Gasteiger charge is -2.20. The molecule has 2 rings (SSSR count). The summed E-state index contributed by atoms with van der Waals surface area (Å²) < 4.78 is 0. The summed E-state index contributed by atoms with van der Waals surface area (Å²) >= 11 is 5.78. The van der Waals surface area contributed by atoms with Crippen molar-refractivity contribution >= 4 is 29.2 Å². The van der Waals surface area contributed by atoms with Gasteiger partial charge in [-0.3, -0.25) is 9.59 Å². The molecule has 1 heterocycles. The van der Waals surface area contributed by atoms with E-state index in [1.54, 1.807) is 48.3 Å². The Kier molecular flexibility index (Phi) is 5.54. The molecule has 0 aliphatic rings. The fourth-order valence-corrected chi connectivity index (χ4v) is 2.17. The summed E-state index contributed by atoms with van der Waals surface area (Å²) in [6, 6.07) is 11.4. The second-order valence-electron chi connectivity index (χ2n) is 5.00. The highest BCUT2D eigenvalue weighted by Gasteiger charge is 2.20. The molecule has 120 valence electrons. The van der Waals surface area contributed by atoms with Crippen molar-refractivity contribution in [3.63, 3.8) is 0 Å². The fourth-order valence-electron chi connectivity index (χ4n) is 2.06. The van der Waals surface area contributed by atoms with Gasteiger partial charge in [0, 0.05) is 13.2 Å². The maximum absolute atomic E-state index is 12.2. The van der Waals surface area contributed by atoms with E-state index in [0.717, 1.165) is 0 Å². The van der Waals surface area contributed by atoms with Gasteiger partial charge in [0.2, 0.25) is 11.8 Å². The molecule has 0 spiro atoms. The van der Waals surface area contributed by atoms with Crippen LogP contribution in [0.3, 0.4) is 0 Å². The number of aromatic nitrogens is 1. The number of carbonyl (C=O) groups excluding carboxylic acids is 2. The van der Waals surface area contributed by atoms with E-state index in [4.69, 9.17) is 17.3 Å². The monoisotopic (exact) mass is 332 g/mol. The lowest BCUT2D eigenvalue weighted by atomic mass is 10.1. The second kappa shape index (κ2) is 7.60. The second-order valence-corrected chi connectivity index (χ2v) is 5.44. The van der Waals surface area contributed by atoms with Crippen LogP contribution in [0.15, 0.2) is 48.7 Å². The summed E-state index contributed by atoms with van der Waals surface area (Å²) in [4.78, 5) is 29.5. The zero-order chi connectivity index (χ0) is 16.8. The first kappa shape index (κ1) is 16.8. The van der Waals surface area contributed by atoms with Crippen molar-refractivity contribution in [1.29, 1.82) is 0 Å². The predicted molar refractivity (Wildman–Crippen MR) is 89.0 cm³/mol. The SMILES string of the molecule is CN(CC(=O)N[C@H](C(N)=O)c1ccccc1)c1ccc(Cl)cn1. The van der Waals surface area contributed by atoms with Gasteiger partial charge in [-0.05, 0) is 17.7 Å². The molecule has 1 aromatic heterocycles. The van der Waals surface area contributed by atoms with E-state index in [-0.39, 0.29) is 12.5 Å². The van der Waals surface area contributed by atoms with Crippen LogP contribution in [-0.2, 0) is 9.59 Å². The number of halogens is 1. The van der Waals surface area contributed by atoms with E-state index in [2.05, 4.69) is 10.3 Å². The zero-order valence-electron chi connectivity index (χ0n) is 12.6. The zero-order valence-corrected chi connectivity index (χ0v) is 13.3. The van der Waals surface area contributed by atoms with Crippen LogP contribution >= 0.6 is 11.6 Å². The van der Waals surface area contributed by atoms with Gasteiger partial charge >= 0.3 is 0 Å². The molecule has 0 bridgehead atoms. The molecule has 3 N–H and O–H groups in total. The minimum absolute atomic E-state index is 0.0330. The van der Waals surface area contributed by atoms with Crippen molar-refractivity contribution < 1.29 is 9.59 Å². The van der Waals surface area contributed by atoms with Crippen LogP contribution < -0.4 is 16.0 Å². The maximum Gasteiger partial charge on any atom is 0.244 e. The van der Waals surface area contributed by atoms with E-state index >= 15 is 0 Å². The van der Waals surface area contributed by atoms with Gasteiger partial charge < -0.3 is 16.0 Å². The van der Waals surface area contributed by atoms with Crippen LogP contribution in [0.25, 0.3) is 0 Å². The average Bonchev–Trinajstić information content (AvgIpc) is 2.53. The standard InChI is InChI=1S/C16H17ClN4O2/c1-21(13-8-7-12(17)9-19-13)10-14(22)20-15(16(18)23)11-5-3-2-4-6-11/h2-9,15H,10H2,1H3,(H2,18,23)(H,20,22)/t15-/m0/s1. The number of nitrogens with one attached hydrogen (secondary N) is 1. The number of hydrogen-bond donors (Lipinski definition) is 2. The molecule has 0 aliphatic heterocycles. The Balaban J connectivity index is 2.02. The Morgan fingerprint density at radius 2 is 1.96 bits per heavy atom. The van der Waals surface area contributed by atoms with Crippen molar-refractivity contribution in [3.05, 3.63) is 59.2 Å². The highest BCUT2D eigenvalue weighted by Crippen LogP contribution is 2.14. The summed E-state index contributed by atoms with van der Waals surface area (Å²) in [6.45, 7) is 0.0330. The van der Waals surface area contributed by atoms with Gasteiger partial charge in [0.1, 0.15) is 11.9 Å². The van der Waals surface area contributed by atoms with Crippen LogP contribution in [0, 0.1) is 0 Å². The van der Waals surface area contributed by atoms with Gasteiger partial charge in [-0.25, -0.2) is 4.98 Å². The van der Waals surface area contributed by atoms with E-state index in [1.165, 1.54) is 6.20 Å². The molecule has 2 amide bonds. The third-order valence-electron chi connectivity index (χ3n) is 3.21. The molecule has 0 unspecified atom stereocenters. The van der Waals surface area contributed by atoms with Crippen LogP contribution in [0.4, 0.5) is 5.82 Å². The molecular weight excluding hydrogens is 316 g/mol. The molecule has 0 saturated carbocycles. The molecule has 0 fully saturated rings. The van der Waals surface area contributed by atoms with Gasteiger partial charge in [0.25, 0.3) is 0 Å². The average molecular weight is 333 g/mol. The van der Waals surface area contributed by atoms with E-state index < -0.39 is 11.9 Å². The summed E-state index contributed by atoms with van der Waals surface area (Å²) in [5.74, 6) is -0.353. The number of nitrogens with two attached hydrogens (primary N) is 1. The predicted octanol–water partition coefficient (Wildman–Crippen LogP) is 1.51. The van der Waals surface area contributed by atoms with Gasteiger partial charge in [0.05, 0.1) is 11.6 Å². The Morgan fingerprint density at radius 3 is 2.52 bits per heavy atom. The number of likely N-dealkylation sites (N-methyl/N-ethyl adjacent to an activating group) is 1. The summed E-state index contributed by atoms with van der Waals surface area (Å²) in [6.07, 6.45) is 1.50. The minimum atomic E-state index is -0.865. The van der Waals surface area contributed by atoms with Gasteiger partial charge in [0.15, 0.2) is 0 Å². The molecule has 2 aromatic rings. The Hall–Kier alpha value is -2.60. The number of primary amides is 1. The number of pyridine rings is 1. The van der Waals surface area contributed by atoms with E-state index in [9.17, 15) is 9.59 Å². The molecule has 1 aromatic carbocycles. The summed E-state index contributed by atoms with van der Waals surface area (Å²) in [5, 5.41) is 3.15. The van der Waals surface area contributed by atoms with Gasteiger partial charge in [-0.2, -0.15) is 0 Å². The van der Waals surface area contributed by atoms with Crippen LogP contribution in [0.2, 0.25) is 5.02 Å². The normalized spacial score (nSPS) is 11.6. The smallest absolute Gasteiger partial charge is 0.244 e. The number of amides is 2. The van der Waals surface area contributed by atoms with Crippen LogP contribution in [0.5, 0.6) is 0 Å². The van der Waals surface area contributed by atoms with E-state index in [1.807, 2.05) is 6.07 Å². The first-order valence-electron chi connectivity index (χ1n) is 6.93. The number of hydrogen-bond acceptors (Lipinski definition) is 4. The Labute approximate surface area is 139 Å². The van der Waals surface area contributed by atoms with Crippen LogP contribution in [-0.4, -0.2) is 30.4 Å². The Morgan fingerprint density at radius 1 is 1.26 bits per heavy atom. The highest BCUT2D eigenvalue weighted by molar-refractivity contribution is 6.30. The number of carbonyl (C=O) groups is 2. The first-order chi connectivity index (χ1) is 11.0. The third-order valence-corrected chi connectivity index (χ3v) is 3.43. The summed E-state index contributed by atoms with van der Waals surface area (Å²) in [5.41, 5.74) is 6.02. The third kappa shape index (κ3) is 4.69. The van der Waals surface area contributed by atoms with Crippen LogP contribution in [0.1, 0.15) is 11.6 Å². The largest absolute Gasteiger partial charge is 0.368 e. The number of rotatable bonds is 6. The molecule has 6 nitrogen and oxygen atoms in total. The van der Waals surface area contributed by atoms with E-state index in [0.29, 0.717) is 16.4 Å². The van der Waals surface area contributed by atoms with Crippen molar-refractivity contribution in [2.75, 3.05) is 18.5 Å². The lowest BCUT2D eigenvalue weighted by Crippen LogP contribution is -2.42. The van der Waals surface area contributed by atoms with Crippen molar-refractivity contribution in [3.8, 4) is 0 Å². The molecule has 7 heteroatoms. The molecule has 23 heavy (non-hydrogen) atoms. The first-order valence-corrected chi connectivity index (χ1v) is 7.31. The molecule has 0 saturated heterocycles. The molecule has 0 aliphatic carbocycles. The number of anilines is 1.